The van der Waals surface area contributed by atoms with E-state index in [1.807, 2.05) is 24.4 Å². The molecule has 0 spiro atoms. The number of aromatic amines is 1. The molecule has 1 N–H and O–H groups in total. The molecule has 0 bridgehead atoms. The molecule has 24 heavy (non-hydrogen) atoms. The van der Waals surface area contributed by atoms with E-state index in [9.17, 15) is 0 Å². The molecule has 0 radical (unpaired) electrons. The molecule has 2 heterocycles. The van der Waals surface area contributed by atoms with E-state index in [1.54, 1.807) is 14.2 Å². The van der Waals surface area contributed by atoms with E-state index in [-0.39, 0.29) is 18.2 Å². The second-order valence-electron chi connectivity index (χ2n) is 6.13. The molecule has 130 valence electrons. The number of nitrogens with zero attached hydrogens (tertiary/aromatic N) is 2. The third-order valence-electron chi connectivity index (χ3n) is 4.66. The van der Waals surface area contributed by atoms with Crippen molar-refractivity contribution in [3.63, 3.8) is 0 Å². The van der Waals surface area contributed by atoms with E-state index < -0.39 is 0 Å². The Kier molecular flexibility index (Phi) is 5.63. The van der Waals surface area contributed by atoms with Crippen LogP contribution < -0.4 is 0 Å². The Hall–Kier alpha value is -1.73. The summed E-state index contributed by atoms with van der Waals surface area (Å²) in [6.07, 6.45) is 1.83. The van der Waals surface area contributed by atoms with Crippen LogP contribution in [0.2, 0.25) is 0 Å². The third kappa shape index (κ3) is 3.52. The van der Waals surface area contributed by atoms with Gasteiger partial charge in [-0.15, -0.1) is 0 Å². The van der Waals surface area contributed by atoms with Gasteiger partial charge in [0.2, 0.25) is 0 Å². The Bertz CT molecular complexity index is 631. The van der Waals surface area contributed by atoms with Crippen LogP contribution in [0.1, 0.15) is 5.56 Å². The van der Waals surface area contributed by atoms with Gasteiger partial charge in [-0.3, -0.25) is 10.00 Å². The lowest BCUT2D eigenvalue weighted by Gasteiger charge is -2.40. The zero-order valence-electron chi connectivity index (χ0n) is 14.4. The fourth-order valence-electron chi connectivity index (χ4n) is 3.30. The van der Waals surface area contributed by atoms with Crippen molar-refractivity contribution < 1.29 is 14.2 Å². The maximum Gasteiger partial charge on any atom is 0.108 e. The summed E-state index contributed by atoms with van der Waals surface area (Å²) < 4.78 is 16.9. The average Bonchev–Trinajstić information content (AvgIpc) is 3.09. The number of nitrogens with one attached hydrogen (secondary N) is 1. The first-order chi connectivity index (χ1) is 11.7. The number of aromatic nitrogens is 2. The minimum atomic E-state index is -0.0471. The summed E-state index contributed by atoms with van der Waals surface area (Å²) in [4.78, 5) is 2.25. The smallest absolute Gasteiger partial charge is 0.108 e. The first kappa shape index (κ1) is 17.1. The average molecular weight is 331 g/mol. The minimum Gasteiger partial charge on any atom is -0.377 e. The lowest BCUT2D eigenvalue weighted by molar-refractivity contribution is -0.153. The summed E-state index contributed by atoms with van der Waals surface area (Å²) in [5.74, 6) is 0. The Labute approximate surface area is 142 Å². The van der Waals surface area contributed by atoms with Gasteiger partial charge in [0.1, 0.15) is 12.2 Å². The second kappa shape index (κ2) is 7.90. The van der Waals surface area contributed by atoms with Gasteiger partial charge < -0.3 is 14.2 Å². The molecule has 1 aliphatic rings. The lowest BCUT2D eigenvalue weighted by atomic mass is 10.0. The third-order valence-corrected chi connectivity index (χ3v) is 4.66. The standard InChI is InChI=1S/C18H25N3O3/c1-21(15-11-24-12-16(22-2)18(15)23-3)10-14-9-19-20-17(14)13-7-5-4-6-8-13/h4-9,15-16,18H,10-12H2,1-3H3,(H,19,20)/t15-,16-,18+/m1/s1. The van der Waals surface area contributed by atoms with Crippen molar-refractivity contribution >= 4 is 0 Å². The molecule has 0 amide bonds. The van der Waals surface area contributed by atoms with Crippen LogP contribution in [0.15, 0.2) is 36.5 Å². The van der Waals surface area contributed by atoms with E-state index in [0.29, 0.717) is 13.2 Å². The SMILES string of the molecule is CO[C@H]1[C@H](N(C)Cc2cn[nH]c2-c2ccccc2)COC[C@H]1OC. The molecule has 1 aliphatic heterocycles. The summed E-state index contributed by atoms with van der Waals surface area (Å²) in [6, 6.07) is 10.4. The molecule has 3 atom stereocenters. The number of rotatable bonds is 6. The fraction of sp³-hybridized carbons (Fsp3) is 0.500. The normalized spacial score (nSPS) is 24.4. The van der Waals surface area contributed by atoms with Crippen molar-refractivity contribution in [1.82, 2.24) is 15.1 Å². The number of ether oxygens (including phenoxy) is 3. The first-order valence-electron chi connectivity index (χ1n) is 8.15. The number of benzene rings is 1. The number of H-pyrrole nitrogens is 1. The Morgan fingerprint density at radius 3 is 2.71 bits per heavy atom. The molecule has 1 fully saturated rings. The van der Waals surface area contributed by atoms with Crippen molar-refractivity contribution in [3.8, 4) is 11.3 Å². The zero-order valence-corrected chi connectivity index (χ0v) is 14.4. The van der Waals surface area contributed by atoms with Gasteiger partial charge in [0.05, 0.1) is 31.1 Å². The van der Waals surface area contributed by atoms with Gasteiger partial charge in [-0.1, -0.05) is 30.3 Å². The summed E-state index contributed by atoms with van der Waals surface area (Å²) in [5, 5.41) is 7.34. The fourth-order valence-corrected chi connectivity index (χ4v) is 3.30. The van der Waals surface area contributed by atoms with Crippen LogP contribution in [0, 0.1) is 0 Å². The van der Waals surface area contributed by atoms with Gasteiger partial charge in [-0.25, -0.2) is 0 Å². The molecule has 1 aromatic carbocycles. The lowest BCUT2D eigenvalue weighted by Crippen LogP contribution is -2.56. The highest BCUT2D eigenvalue weighted by Gasteiger charge is 2.37. The van der Waals surface area contributed by atoms with Gasteiger partial charge >= 0.3 is 0 Å². The van der Waals surface area contributed by atoms with Crippen LogP contribution in [0.5, 0.6) is 0 Å². The van der Waals surface area contributed by atoms with Crippen LogP contribution in [0.25, 0.3) is 11.3 Å². The van der Waals surface area contributed by atoms with Gasteiger partial charge in [0.25, 0.3) is 0 Å². The van der Waals surface area contributed by atoms with Crippen molar-refractivity contribution in [2.75, 3.05) is 34.5 Å². The molecule has 1 aromatic heterocycles. The maximum atomic E-state index is 5.70. The van der Waals surface area contributed by atoms with E-state index in [0.717, 1.165) is 23.4 Å². The van der Waals surface area contributed by atoms with E-state index in [1.165, 1.54) is 0 Å². The Morgan fingerprint density at radius 2 is 2.00 bits per heavy atom. The quantitative estimate of drug-likeness (QED) is 0.876. The molecule has 6 heteroatoms. The number of methoxy groups -OCH3 is 2. The summed E-state index contributed by atoms with van der Waals surface area (Å²) in [6.45, 7) is 1.96. The Morgan fingerprint density at radius 1 is 1.21 bits per heavy atom. The largest absolute Gasteiger partial charge is 0.377 e. The van der Waals surface area contributed by atoms with Crippen molar-refractivity contribution in [3.05, 3.63) is 42.1 Å². The molecular formula is C18H25N3O3. The van der Waals surface area contributed by atoms with Gasteiger partial charge in [-0.2, -0.15) is 5.10 Å². The summed E-state index contributed by atoms with van der Waals surface area (Å²) >= 11 is 0. The van der Waals surface area contributed by atoms with Gasteiger partial charge in [0, 0.05) is 26.3 Å². The van der Waals surface area contributed by atoms with Crippen molar-refractivity contribution in [2.45, 2.75) is 24.8 Å². The van der Waals surface area contributed by atoms with Gasteiger partial charge in [-0.05, 0) is 12.6 Å². The summed E-state index contributed by atoms with van der Waals surface area (Å²) in [5.41, 5.74) is 3.34. The van der Waals surface area contributed by atoms with Gasteiger partial charge in [0.15, 0.2) is 0 Å². The molecule has 3 rings (SSSR count). The minimum absolute atomic E-state index is 0.0131. The van der Waals surface area contributed by atoms with E-state index >= 15 is 0 Å². The zero-order chi connectivity index (χ0) is 16.9. The topological polar surface area (TPSA) is 59.6 Å². The molecule has 1 saturated heterocycles. The second-order valence-corrected chi connectivity index (χ2v) is 6.13. The monoisotopic (exact) mass is 331 g/mol. The highest BCUT2D eigenvalue weighted by molar-refractivity contribution is 5.62. The molecule has 0 saturated carbocycles. The first-order valence-corrected chi connectivity index (χ1v) is 8.15. The van der Waals surface area contributed by atoms with Crippen LogP contribution in [0.4, 0.5) is 0 Å². The maximum absolute atomic E-state index is 5.70. The van der Waals surface area contributed by atoms with Crippen LogP contribution in [-0.4, -0.2) is 67.8 Å². The molecule has 0 aliphatic carbocycles. The van der Waals surface area contributed by atoms with Crippen molar-refractivity contribution in [2.24, 2.45) is 0 Å². The molecule has 2 aromatic rings. The molecule has 0 unspecified atom stereocenters. The van der Waals surface area contributed by atoms with Crippen molar-refractivity contribution in [1.29, 1.82) is 0 Å². The predicted molar refractivity (Wildman–Crippen MR) is 91.7 cm³/mol. The number of likely N-dealkylation sites (N-methyl/N-ethyl adjacent to an activating group) is 1. The predicted octanol–water partition coefficient (Wildman–Crippen LogP) is 1.94. The Balaban J connectivity index is 1.75. The van der Waals surface area contributed by atoms with E-state index in [2.05, 4.69) is 34.3 Å². The number of hydrogen-bond donors (Lipinski definition) is 1. The summed E-state index contributed by atoms with van der Waals surface area (Å²) in [7, 11) is 5.52. The van der Waals surface area contributed by atoms with Crippen LogP contribution >= 0.6 is 0 Å². The molecule has 6 nitrogen and oxygen atoms in total. The van der Waals surface area contributed by atoms with Crippen LogP contribution in [0.3, 0.4) is 0 Å². The number of hydrogen-bond acceptors (Lipinski definition) is 5. The van der Waals surface area contributed by atoms with E-state index in [4.69, 9.17) is 14.2 Å². The highest BCUT2D eigenvalue weighted by atomic mass is 16.6. The molecular weight excluding hydrogens is 306 g/mol. The van der Waals surface area contributed by atoms with Crippen LogP contribution in [-0.2, 0) is 20.8 Å². The highest BCUT2D eigenvalue weighted by Crippen LogP contribution is 2.24.